The molecule has 0 aliphatic carbocycles. The van der Waals surface area contributed by atoms with Crippen molar-refractivity contribution in [3.8, 4) is 0 Å². The number of benzene rings is 1. The summed E-state index contributed by atoms with van der Waals surface area (Å²) < 4.78 is 0. The fourth-order valence-electron chi connectivity index (χ4n) is 2.22. The van der Waals surface area contributed by atoms with Gasteiger partial charge >= 0.3 is 0 Å². The van der Waals surface area contributed by atoms with Gasteiger partial charge in [-0.15, -0.1) is 12.4 Å². The summed E-state index contributed by atoms with van der Waals surface area (Å²) in [5.41, 5.74) is 1.15. The zero-order valence-electron chi connectivity index (χ0n) is 10.8. The van der Waals surface area contributed by atoms with Crippen molar-refractivity contribution in [1.29, 1.82) is 0 Å². The maximum atomic E-state index is 11.9. The third-order valence-electron chi connectivity index (χ3n) is 3.23. The minimum absolute atomic E-state index is 0. The van der Waals surface area contributed by atoms with E-state index < -0.39 is 0 Å². The lowest BCUT2D eigenvalue weighted by molar-refractivity contribution is -0.123. The highest BCUT2D eigenvalue weighted by molar-refractivity contribution is 6.30. The van der Waals surface area contributed by atoms with Gasteiger partial charge in [0, 0.05) is 11.6 Å². The van der Waals surface area contributed by atoms with Crippen LogP contribution in [0.15, 0.2) is 24.3 Å². The summed E-state index contributed by atoms with van der Waals surface area (Å²) in [6.45, 7) is 1.61. The van der Waals surface area contributed by atoms with Crippen LogP contribution in [0.1, 0.15) is 24.8 Å². The Kier molecular flexibility index (Phi) is 7.21. The minimum atomic E-state index is -0.00175. The quantitative estimate of drug-likeness (QED) is 0.897. The highest BCUT2D eigenvalue weighted by atomic mass is 35.5. The van der Waals surface area contributed by atoms with Gasteiger partial charge in [0.25, 0.3) is 0 Å². The zero-order valence-corrected chi connectivity index (χ0v) is 12.4. The van der Waals surface area contributed by atoms with Gasteiger partial charge in [0.1, 0.15) is 0 Å². The molecule has 0 saturated carbocycles. The third-order valence-corrected chi connectivity index (χ3v) is 3.46. The number of carbonyl (C=O) groups is 1. The van der Waals surface area contributed by atoms with Crippen molar-refractivity contribution in [2.24, 2.45) is 0 Å². The number of halogens is 2. The summed E-state index contributed by atoms with van der Waals surface area (Å²) >= 11 is 5.91. The molecule has 1 saturated heterocycles. The maximum absolute atomic E-state index is 11.9. The molecule has 0 radical (unpaired) electrons. The number of rotatable bonds is 4. The first kappa shape index (κ1) is 16.3. The Labute approximate surface area is 125 Å². The highest BCUT2D eigenvalue weighted by Gasteiger charge is 2.19. The average Bonchev–Trinajstić information content (AvgIpc) is 2.40. The van der Waals surface area contributed by atoms with E-state index in [2.05, 4.69) is 10.6 Å². The molecule has 0 spiro atoms. The molecular formula is C14H20Cl2N2O. The topological polar surface area (TPSA) is 41.1 Å². The van der Waals surface area contributed by atoms with E-state index in [1.807, 2.05) is 24.3 Å². The standard InChI is InChI=1S/C14H19ClN2O.ClH/c15-12-5-3-4-11(10-12)7-9-17-14(18)13-6-1-2-8-16-13;/h3-5,10,13,16H,1-2,6-9H2,(H,17,18);1H/t13-;/m1./s1. The SMILES string of the molecule is Cl.O=C(NCCc1cccc(Cl)c1)[C@H]1CCCCN1. The van der Waals surface area contributed by atoms with Gasteiger partial charge in [-0.1, -0.05) is 30.2 Å². The summed E-state index contributed by atoms with van der Waals surface area (Å²) in [5, 5.41) is 6.96. The van der Waals surface area contributed by atoms with Crippen molar-refractivity contribution in [1.82, 2.24) is 10.6 Å². The van der Waals surface area contributed by atoms with Crippen LogP contribution in [0.4, 0.5) is 0 Å². The summed E-state index contributed by atoms with van der Waals surface area (Å²) in [7, 11) is 0. The van der Waals surface area contributed by atoms with Crippen molar-refractivity contribution in [3.63, 3.8) is 0 Å². The van der Waals surface area contributed by atoms with Gasteiger partial charge in [-0.05, 0) is 43.5 Å². The molecular weight excluding hydrogens is 283 g/mol. The summed E-state index contributed by atoms with van der Waals surface area (Å²) in [6.07, 6.45) is 4.08. The molecule has 1 fully saturated rings. The lowest BCUT2D eigenvalue weighted by atomic mass is 10.0. The number of piperidine rings is 1. The van der Waals surface area contributed by atoms with Crippen molar-refractivity contribution in [2.75, 3.05) is 13.1 Å². The van der Waals surface area contributed by atoms with Crippen LogP contribution in [-0.4, -0.2) is 25.0 Å². The monoisotopic (exact) mass is 302 g/mol. The molecule has 3 nitrogen and oxygen atoms in total. The Morgan fingerprint density at radius 1 is 1.42 bits per heavy atom. The Morgan fingerprint density at radius 3 is 2.95 bits per heavy atom. The van der Waals surface area contributed by atoms with Gasteiger partial charge in [0.2, 0.25) is 5.91 Å². The second-order valence-electron chi connectivity index (χ2n) is 4.67. The molecule has 2 N–H and O–H groups in total. The van der Waals surface area contributed by atoms with Crippen LogP contribution in [-0.2, 0) is 11.2 Å². The molecule has 1 atom stereocenters. The van der Waals surface area contributed by atoms with Gasteiger partial charge in [-0.3, -0.25) is 4.79 Å². The van der Waals surface area contributed by atoms with Crippen LogP contribution >= 0.6 is 24.0 Å². The van der Waals surface area contributed by atoms with Crippen molar-refractivity contribution in [2.45, 2.75) is 31.7 Å². The molecule has 1 aromatic carbocycles. The molecule has 1 aliphatic rings. The van der Waals surface area contributed by atoms with Crippen molar-refractivity contribution >= 4 is 29.9 Å². The summed E-state index contributed by atoms with van der Waals surface area (Å²) in [5.74, 6) is 0.122. The van der Waals surface area contributed by atoms with Crippen LogP contribution in [0.2, 0.25) is 5.02 Å². The normalized spacial score (nSPS) is 18.5. The second-order valence-corrected chi connectivity index (χ2v) is 5.11. The number of amides is 1. The predicted octanol–water partition coefficient (Wildman–Crippen LogP) is 2.56. The van der Waals surface area contributed by atoms with Gasteiger partial charge < -0.3 is 10.6 Å². The lowest BCUT2D eigenvalue weighted by Gasteiger charge is -2.22. The largest absolute Gasteiger partial charge is 0.354 e. The van der Waals surface area contributed by atoms with Gasteiger partial charge in [-0.25, -0.2) is 0 Å². The molecule has 0 bridgehead atoms. The summed E-state index contributed by atoms with van der Waals surface area (Å²) in [4.78, 5) is 11.9. The molecule has 106 valence electrons. The minimum Gasteiger partial charge on any atom is -0.354 e. The smallest absolute Gasteiger partial charge is 0.237 e. The van der Waals surface area contributed by atoms with Gasteiger partial charge in [0.05, 0.1) is 6.04 Å². The Hall–Kier alpha value is -0.770. The third kappa shape index (κ3) is 5.39. The van der Waals surface area contributed by atoms with E-state index in [1.165, 1.54) is 6.42 Å². The van der Waals surface area contributed by atoms with Crippen LogP contribution in [0.3, 0.4) is 0 Å². The molecule has 2 rings (SSSR count). The molecule has 5 heteroatoms. The fourth-order valence-corrected chi connectivity index (χ4v) is 2.43. The molecule has 0 aromatic heterocycles. The van der Waals surface area contributed by atoms with E-state index in [9.17, 15) is 4.79 Å². The van der Waals surface area contributed by atoms with Crippen LogP contribution < -0.4 is 10.6 Å². The Bertz CT molecular complexity index is 406. The molecule has 1 amide bonds. The first-order valence-corrected chi connectivity index (χ1v) is 6.89. The van der Waals surface area contributed by atoms with Gasteiger partial charge in [0.15, 0.2) is 0 Å². The van der Waals surface area contributed by atoms with E-state index >= 15 is 0 Å². The number of hydrogen-bond acceptors (Lipinski definition) is 2. The fraction of sp³-hybridized carbons (Fsp3) is 0.500. The first-order chi connectivity index (χ1) is 8.75. The van der Waals surface area contributed by atoms with Crippen LogP contribution in [0, 0.1) is 0 Å². The molecule has 1 aromatic rings. The Balaban J connectivity index is 0.00000180. The van der Waals surface area contributed by atoms with E-state index in [1.54, 1.807) is 0 Å². The maximum Gasteiger partial charge on any atom is 0.237 e. The van der Waals surface area contributed by atoms with E-state index in [0.29, 0.717) is 6.54 Å². The average molecular weight is 303 g/mol. The number of nitrogens with one attached hydrogen (secondary N) is 2. The van der Waals surface area contributed by atoms with Crippen LogP contribution in [0.5, 0.6) is 0 Å². The van der Waals surface area contributed by atoms with E-state index in [-0.39, 0.29) is 24.4 Å². The van der Waals surface area contributed by atoms with Crippen LogP contribution in [0.25, 0.3) is 0 Å². The van der Waals surface area contributed by atoms with Crippen molar-refractivity contribution in [3.05, 3.63) is 34.9 Å². The zero-order chi connectivity index (χ0) is 12.8. The summed E-state index contributed by atoms with van der Waals surface area (Å²) in [6, 6.07) is 7.75. The first-order valence-electron chi connectivity index (χ1n) is 6.51. The van der Waals surface area contributed by atoms with E-state index in [4.69, 9.17) is 11.6 Å². The molecule has 1 aliphatic heterocycles. The number of carbonyl (C=O) groups excluding carboxylic acids is 1. The van der Waals surface area contributed by atoms with Gasteiger partial charge in [-0.2, -0.15) is 0 Å². The van der Waals surface area contributed by atoms with Crippen molar-refractivity contribution < 1.29 is 4.79 Å². The molecule has 19 heavy (non-hydrogen) atoms. The second kappa shape index (κ2) is 8.41. The highest BCUT2D eigenvalue weighted by Crippen LogP contribution is 2.11. The lowest BCUT2D eigenvalue weighted by Crippen LogP contribution is -2.47. The predicted molar refractivity (Wildman–Crippen MR) is 81.1 cm³/mol. The molecule has 1 heterocycles. The number of hydrogen-bond donors (Lipinski definition) is 2. The Morgan fingerprint density at radius 2 is 2.26 bits per heavy atom. The van der Waals surface area contributed by atoms with E-state index in [0.717, 1.165) is 36.4 Å². The molecule has 0 unspecified atom stereocenters.